The predicted octanol–water partition coefficient (Wildman–Crippen LogP) is 2.62. The number of non-ortho nitro benzene ring substituents is 1. The van der Waals surface area contributed by atoms with E-state index < -0.39 is 4.92 Å². The van der Waals surface area contributed by atoms with Crippen molar-refractivity contribution < 1.29 is 4.92 Å². The Kier molecular flexibility index (Phi) is 3.00. The highest BCUT2D eigenvalue weighted by atomic mass is 32.2. The number of nitro groups is 1. The molecule has 0 amide bonds. The average Bonchev–Trinajstić information content (AvgIpc) is 3.27. The molecular weight excluding hydrogens is 304 g/mol. The predicted molar refractivity (Wildman–Crippen MR) is 78.6 cm³/mol. The summed E-state index contributed by atoms with van der Waals surface area (Å²) in [5.41, 5.74) is 0.0502. The Morgan fingerprint density at radius 1 is 1.27 bits per heavy atom. The van der Waals surface area contributed by atoms with Gasteiger partial charge in [0.1, 0.15) is 0 Å². The number of hydrogen-bond donors (Lipinski definition) is 0. The molecule has 3 aromatic rings. The minimum atomic E-state index is -0.396. The number of fused-ring (bicyclic) bond motifs is 1. The second kappa shape index (κ2) is 5.02. The molecule has 0 saturated heterocycles. The van der Waals surface area contributed by atoms with Gasteiger partial charge in [0.05, 0.1) is 16.4 Å². The first-order valence-electron chi connectivity index (χ1n) is 6.71. The summed E-state index contributed by atoms with van der Waals surface area (Å²) >= 11 is 1.42. The summed E-state index contributed by atoms with van der Waals surface area (Å²) in [6, 6.07) is 5.38. The van der Waals surface area contributed by atoms with Crippen LogP contribution in [0.5, 0.6) is 0 Å². The molecule has 0 spiro atoms. The Bertz CT molecular complexity index is 876. The summed E-state index contributed by atoms with van der Waals surface area (Å²) in [6.07, 6.45) is 5.31. The lowest BCUT2D eigenvalue weighted by Crippen LogP contribution is -1.98. The van der Waals surface area contributed by atoms with Crippen molar-refractivity contribution in [3.05, 3.63) is 40.7 Å². The molecule has 0 unspecified atom stereocenters. The number of aromatic nitrogens is 5. The molecule has 1 saturated carbocycles. The number of nitro benzene ring substituents is 1. The monoisotopic (exact) mass is 314 g/mol. The molecule has 1 aliphatic rings. The van der Waals surface area contributed by atoms with Gasteiger partial charge in [-0.2, -0.15) is 0 Å². The molecule has 2 heterocycles. The van der Waals surface area contributed by atoms with E-state index in [0.29, 0.717) is 16.6 Å². The van der Waals surface area contributed by atoms with Crippen LogP contribution in [0, 0.1) is 10.1 Å². The highest BCUT2D eigenvalue weighted by Gasteiger charge is 2.28. The molecule has 0 bridgehead atoms. The quantitative estimate of drug-likeness (QED) is 0.539. The van der Waals surface area contributed by atoms with Crippen LogP contribution in [0.15, 0.2) is 40.6 Å². The summed E-state index contributed by atoms with van der Waals surface area (Å²) in [5.74, 6) is 0. The first kappa shape index (κ1) is 13.1. The van der Waals surface area contributed by atoms with Crippen molar-refractivity contribution in [1.82, 2.24) is 25.2 Å². The van der Waals surface area contributed by atoms with Crippen molar-refractivity contribution >= 4 is 28.2 Å². The van der Waals surface area contributed by atoms with Crippen molar-refractivity contribution in [2.45, 2.75) is 28.9 Å². The molecule has 0 aliphatic heterocycles. The van der Waals surface area contributed by atoms with E-state index in [-0.39, 0.29) is 5.69 Å². The van der Waals surface area contributed by atoms with E-state index >= 15 is 0 Å². The van der Waals surface area contributed by atoms with Crippen LogP contribution in [-0.4, -0.2) is 30.1 Å². The maximum atomic E-state index is 11.1. The maximum Gasteiger partial charge on any atom is 0.278 e. The summed E-state index contributed by atoms with van der Waals surface area (Å²) in [7, 11) is 0. The van der Waals surface area contributed by atoms with Crippen molar-refractivity contribution in [2.75, 3.05) is 0 Å². The molecule has 22 heavy (non-hydrogen) atoms. The zero-order valence-corrected chi connectivity index (χ0v) is 12.1. The van der Waals surface area contributed by atoms with Crippen LogP contribution in [0.25, 0.3) is 10.8 Å². The fourth-order valence-corrected chi connectivity index (χ4v) is 3.27. The fourth-order valence-electron chi connectivity index (χ4n) is 2.30. The second-order valence-corrected chi connectivity index (χ2v) is 6.01. The molecule has 2 aromatic heterocycles. The number of rotatable bonds is 4. The molecular formula is C13H10N6O2S. The van der Waals surface area contributed by atoms with E-state index in [1.807, 2.05) is 4.68 Å². The SMILES string of the molecule is O=[N+]([O-])c1ccc(Sc2nnnn2C2CC2)c2ccncc12. The Balaban J connectivity index is 1.80. The molecule has 0 atom stereocenters. The zero-order chi connectivity index (χ0) is 15.1. The summed E-state index contributed by atoms with van der Waals surface area (Å²) in [6.45, 7) is 0. The van der Waals surface area contributed by atoms with Crippen molar-refractivity contribution in [3.8, 4) is 0 Å². The molecule has 1 aliphatic carbocycles. The van der Waals surface area contributed by atoms with Gasteiger partial charge in [-0.15, -0.1) is 5.10 Å². The van der Waals surface area contributed by atoms with Gasteiger partial charge in [0.15, 0.2) is 0 Å². The summed E-state index contributed by atoms with van der Waals surface area (Å²) in [5, 5.41) is 24.9. The molecule has 8 nitrogen and oxygen atoms in total. The first-order chi connectivity index (χ1) is 10.7. The van der Waals surface area contributed by atoms with E-state index in [9.17, 15) is 10.1 Å². The van der Waals surface area contributed by atoms with Gasteiger partial charge in [-0.05, 0) is 47.2 Å². The van der Waals surface area contributed by atoms with Crippen LogP contribution in [-0.2, 0) is 0 Å². The van der Waals surface area contributed by atoms with Gasteiger partial charge in [0.25, 0.3) is 5.69 Å². The number of benzene rings is 1. The topological polar surface area (TPSA) is 99.6 Å². The molecule has 1 aromatic carbocycles. The van der Waals surface area contributed by atoms with Crippen molar-refractivity contribution in [2.24, 2.45) is 0 Å². The fraction of sp³-hybridized carbons (Fsp3) is 0.231. The normalized spacial score (nSPS) is 14.4. The van der Waals surface area contributed by atoms with Crippen LogP contribution in [0.4, 0.5) is 5.69 Å². The highest BCUT2D eigenvalue weighted by Crippen LogP contribution is 2.40. The van der Waals surface area contributed by atoms with E-state index in [0.717, 1.165) is 23.1 Å². The van der Waals surface area contributed by atoms with Crippen LogP contribution in [0.3, 0.4) is 0 Å². The molecule has 4 rings (SSSR count). The molecule has 1 fully saturated rings. The highest BCUT2D eigenvalue weighted by molar-refractivity contribution is 7.99. The Labute approximate surface area is 128 Å². The molecule has 110 valence electrons. The van der Waals surface area contributed by atoms with Crippen molar-refractivity contribution in [3.63, 3.8) is 0 Å². The minimum Gasteiger partial charge on any atom is -0.264 e. The third-order valence-electron chi connectivity index (χ3n) is 3.51. The van der Waals surface area contributed by atoms with Crippen LogP contribution >= 0.6 is 11.8 Å². The van der Waals surface area contributed by atoms with Crippen LogP contribution < -0.4 is 0 Å². The zero-order valence-electron chi connectivity index (χ0n) is 11.3. The van der Waals surface area contributed by atoms with Gasteiger partial charge in [-0.3, -0.25) is 15.1 Å². The molecule has 0 N–H and O–H groups in total. The van der Waals surface area contributed by atoms with E-state index in [1.54, 1.807) is 18.3 Å². The van der Waals surface area contributed by atoms with Gasteiger partial charge in [-0.25, -0.2) is 4.68 Å². The largest absolute Gasteiger partial charge is 0.278 e. The Morgan fingerprint density at radius 3 is 2.91 bits per heavy atom. The lowest BCUT2D eigenvalue weighted by molar-refractivity contribution is -0.383. The third-order valence-corrected chi connectivity index (χ3v) is 4.54. The number of tetrazole rings is 1. The lowest BCUT2D eigenvalue weighted by atomic mass is 10.1. The van der Waals surface area contributed by atoms with Crippen LogP contribution in [0.1, 0.15) is 18.9 Å². The van der Waals surface area contributed by atoms with Gasteiger partial charge in [0, 0.05) is 28.7 Å². The summed E-state index contributed by atoms with van der Waals surface area (Å²) in [4.78, 5) is 15.6. The van der Waals surface area contributed by atoms with Gasteiger partial charge in [-0.1, -0.05) is 0 Å². The van der Waals surface area contributed by atoms with E-state index in [4.69, 9.17) is 0 Å². The molecule has 9 heteroatoms. The van der Waals surface area contributed by atoms with Gasteiger partial charge >= 0.3 is 0 Å². The summed E-state index contributed by atoms with van der Waals surface area (Å²) < 4.78 is 1.82. The smallest absolute Gasteiger partial charge is 0.264 e. The minimum absolute atomic E-state index is 0.0502. The van der Waals surface area contributed by atoms with E-state index in [2.05, 4.69) is 20.5 Å². The van der Waals surface area contributed by atoms with Crippen molar-refractivity contribution in [1.29, 1.82) is 0 Å². The van der Waals surface area contributed by atoms with E-state index in [1.165, 1.54) is 24.0 Å². The van der Waals surface area contributed by atoms with Gasteiger partial charge < -0.3 is 0 Å². The standard InChI is InChI=1S/C13H10N6O2S/c20-19(21)11-3-4-12(9-5-6-14-7-10(9)11)22-13-15-16-17-18(13)8-1-2-8/h3-8H,1-2H2. The first-order valence-corrected chi connectivity index (χ1v) is 7.52. The molecule has 0 radical (unpaired) electrons. The number of pyridine rings is 1. The lowest BCUT2D eigenvalue weighted by Gasteiger charge is -2.06. The second-order valence-electron chi connectivity index (χ2n) is 5.00. The Hall–Kier alpha value is -2.55. The van der Waals surface area contributed by atoms with Gasteiger partial charge in [0.2, 0.25) is 5.16 Å². The Morgan fingerprint density at radius 2 is 2.14 bits per heavy atom. The number of nitrogens with zero attached hydrogens (tertiary/aromatic N) is 6. The third kappa shape index (κ3) is 2.19. The van der Waals surface area contributed by atoms with Crippen LogP contribution in [0.2, 0.25) is 0 Å². The number of hydrogen-bond acceptors (Lipinski definition) is 7. The maximum absolute atomic E-state index is 11.1. The average molecular weight is 314 g/mol.